The Morgan fingerprint density at radius 2 is 1.73 bits per heavy atom. The molecule has 0 aliphatic heterocycles. The van der Waals surface area contributed by atoms with Gasteiger partial charge in [-0.25, -0.2) is 0 Å². The second-order valence-corrected chi connectivity index (χ2v) is 6.85. The molecule has 0 saturated carbocycles. The van der Waals surface area contributed by atoms with E-state index in [1.807, 2.05) is 6.07 Å². The molecule has 2 aromatic carbocycles. The van der Waals surface area contributed by atoms with Crippen LogP contribution in [-0.2, 0) is 20.9 Å². The number of nitrogens with one attached hydrogen (secondary N) is 2. The van der Waals surface area contributed by atoms with Gasteiger partial charge < -0.3 is 20.1 Å². The van der Waals surface area contributed by atoms with Gasteiger partial charge in [0, 0.05) is 17.1 Å². The molecule has 7 nitrogen and oxygen atoms in total. The van der Waals surface area contributed by atoms with Crippen LogP contribution in [0, 0.1) is 0 Å². The normalized spacial score (nSPS) is 10.2. The molecule has 0 heterocycles. The molecule has 0 spiro atoms. The third kappa shape index (κ3) is 8.13. The van der Waals surface area contributed by atoms with E-state index in [2.05, 4.69) is 17.6 Å². The molecular formula is C22H25ClN2O5. The van der Waals surface area contributed by atoms with E-state index in [-0.39, 0.29) is 13.1 Å². The van der Waals surface area contributed by atoms with Crippen LogP contribution >= 0.6 is 11.6 Å². The lowest BCUT2D eigenvalue weighted by atomic mass is 10.2. The van der Waals surface area contributed by atoms with E-state index >= 15 is 0 Å². The van der Waals surface area contributed by atoms with Crippen molar-refractivity contribution in [2.75, 3.05) is 19.8 Å². The molecule has 8 heteroatoms. The second kappa shape index (κ2) is 12.5. The fourth-order valence-corrected chi connectivity index (χ4v) is 2.58. The van der Waals surface area contributed by atoms with Crippen LogP contribution in [0.1, 0.15) is 35.7 Å². The summed E-state index contributed by atoms with van der Waals surface area (Å²) in [5, 5.41) is 5.61. The number of ether oxygens (including phenoxy) is 2. The molecule has 0 radical (unpaired) electrons. The quantitative estimate of drug-likeness (QED) is 0.420. The van der Waals surface area contributed by atoms with Crippen LogP contribution in [0.2, 0.25) is 5.02 Å². The molecule has 0 aliphatic rings. The zero-order valence-electron chi connectivity index (χ0n) is 16.8. The number of hydrogen-bond acceptors (Lipinski definition) is 5. The van der Waals surface area contributed by atoms with Crippen molar-refractivity contribution in [2.24, 2.45) is 0 Å². The van der Waals surface area contributed by atoms with Crippen molar-refractivity contribution in [3.05, 3.63) is 64.7 Å². The van der Waals surface area contributed by atoms with Crippen LogP contribution < -0.4 is 15.4 Å². The molecular weight excluding hydrogens is 408 g/mol. The molecule has 2 rings (SSSR count). The average molecular weight is 433 g/mol. The average Bonchev–Trinajstić information content (AvgIpc) is 2.76. The highest BCUT2D eigenvalue weighted by Crippen LogP contribution is 2.14. The summed E-state index contributed by atoms with van der Waals surface area (Å²) in [6.45, 7) is 2.15. The lowest BCUT2D eigenvalue weighted by molar-refractivity contribution is -0.147. The van der Waals surface area contributed by atoms with Crippen LogP contribution in [0.5, 0.6) is 5.75 Å². The van der Waals surface area contributed by atoms with Gasteiger partial charge in [-0.2, -0.15) is 0 Å². The number of amides is 2. The summed E-state index contributed by atoms with van der Waals surface area (Å²) in [7, 11) is 0. The molecule has 0 bridgehead atoms. The Kier molecular flexibility index (Phi) is 9.67. The highest BCUT2D eigenvalue weighted by Gasteiger charge is 2.11. The van der Waals surface area contributed by atoms with Gasteiger partial charge in [-0.3, -0.25) is 14.4 Å². The molecule has 2 amide bonds. The smallest absolute Gasteiger partial charge is 0.325 e. The number of esters is 1. The second-order valence-electron chi connectivity index (χ2n) is 6.44. The van der Waals surface area contributed by atoms with Gasteiger partial charge in [0.15, 0.2) is 6.61 Å². The van der Waals surface area contributed by atoms with Gasteiger partial charge in [0.25, 0.3) is 11.8 Å². The Balaban J connectivity index is 1.66. The molecule has 160 valence electrons. The monoisotopic (exact) mass is 432 g/mol. The number of hydrogen-bond donors (Lipinski definition) is 2. The number of benzene rings is 2. The summed E-state index contributed by atoms with van der Waals surface area (Å²) in [4.78, 5) is 35.6. The lowest BCUT2D eigenvalue weighted by Crippen LogP contribution is -2.33. The summed E-state index contributed by atoms with van der Waals surface area (Å²) in [5.74, 6) is -0.915. The fourth-order valence-electron chi connectivity index (χ4n) is 2.38. The van der Waals surface area contributed by atoms with E-state index in [4.69, 9.17) is 21.1 Å². The van der Waals surface area contributed by atoms with E-state index < -0.39 is 24.4 Å². The SMILES string of the molecule is CCCCOc1ccc(C(=O)NCC(=O)OCC(=O)NCc2ccccc2Cl)cc1. The predicted molar refractivity (Wildman–Crippen MR) is 113 cm³/mol. The minimum atomic E-state index is -0.712. The predicted octanol–water partition coefficient (Wildman–Crippen LogP) is 3.11. The standard InChI is InChI=1S/C22H25ClN2O5/c1-2-3-12-29-18-10-8-16(9-11-18)22(28)25-14-21(27)30-15-20(26)24-13-17-6-4-5-7-19(17)23/h4-11H,2-3,12-15H2,1H3,(H,24,26)(H,25,28). The van der Waals surface area contributed by atoms with E-state index in [9.17, 15) is 14.4 Å². The maximum absolute atomic E-state index is 12.1. The van der Waals surface area contributed by atoms with Gasteiger partial charge >= 0.3 is 5.97 Å². The third-order valence-corrected chi connectivity index (χ3v) is 4.44. The summed E-state index contributed by atoms with van der Waals surface area (Å²) < 4.78 is 10.4. The van der Waals surface area contributed by atoms with Crippen LogP contribution in [-0.4, -0.2) is 37.5 Å². The molecule has 0 atom stereocenters. The van der Waals surface area contributed by atoms with Gasteiger partial charge in [-0.1, -0.05) is 43.1 Å². The van der Waals surface area contributed by atoms with Crippen molar-refractivity contribution in [3.63, 3.8) is 0 Å². The number of rotatable bonds is 11. The topological polar surface area (TPSA) is 93.7 Å². The first-order valence-corrected chi connectivity index (χ1v) is 10.0. The maximum Gasteiger partial charge on any atom is 0.325 e. The van der Waals surface area contributed by atoms with Crippen molar-refractivity contribution in [1.82, 2.24) is 10.6 Å². The number of halogens is 1. The van der Waals surface area contributed by atoms with Crippen molar-refractivity contribution in [1.29, 1.82) is 0 Å². The fraction of sp³-hybridized carbons (Fsp3) is 0.318. The Morgan fingerprint density at radius 1 is 1.00 bits per heavy atom. The Bertz CT molecular complexity index is 855. The number of carbonyl (C=O) groups excluding carboxylic acids is 3. The highest BCUT2D eigenvalue weighted by molar-refractivity contribution is 6.31. The molecule has 2 N–H and O–H groups in total. The number of carbonyl (C=O) groups is 3. The van der Waals surface area contributed by atoms with Crippen LogP contribution in [0.4, 0.5) is 0 Å². The first-order chi connectivity index (χ1) is 14.5. The Morgan fingerprint density at radius 3 is 2.43 bits per heavy atom. The van der Waals surface area contributed by atoms with Gasteiger partial charge in [-0.15, -0.1) is 0 Å². The summed E-state index contributed by atoms with van der Waals surface area (Å²) in [6.07, 6.45) is 2.00. The summed E-state index contributed by atoms with van der Waals surface area (Å²) >= 11 is 6.01. The minimum Gasteiger partial charge on any atom is -0.494 e. The van der Waals surface area contributed by atoms with E-state index in [0.29, 0.717) is 22.9 Å². The van der Waals surface area contributed by atoms with Gasteiger partial charge in [0.2, 0.25) is 0 Å². The van der Waals surface area contributed by atoms with Gasteiger partial charge in [-0.05, 0) is 42.3 Å². The Hall–Kier alpha value is -3.06. The van der Waals surface area contributed by atoms with E-state index in [1.54, 1.807) is 42.5 Å². The zero-order valence-corrected chi connectivity index (χ0v) is 17.5. The molecule has 30 heavy (non-hydrogen) atoms. The first kappa shape index (κ1) is 23.2. The maximum atomic E-state index is 12.1. The van der Waals surface area contributed by atoms with Crippen LogP contribution in [0.3, 0.4) is 0 Å². The minimum absolute atomic E-state index is 0.227. The first-order valence-electron chi connectivity index (χ1n) is 9.66. The van der Waals surface area contributed by atoms with Gasteiger partial charge in [0.05, 0.1) is 6.61 Å². The van der Waals surface area contributed by atoms with Crippen molar-refractivity contribution in [2.45, 2.75) is 26.3 Å². The third-order valence-electron chi connectivity index (χ3n) is 4.07. The largest absolute Gasteiger partial charge is 0.494 e. The molecule has 0 fully saturated rings. The molecule has 0 unspecified atom stereocenters. The van der Waals surface area contributed by atoms with Gasteiger partial charge in [0.1, 0.15) is 12.3 Å². The Labute approximate surface area is 180 Å². The zero-order chi connectivity index (χ0) is 21.8. The lowest BCUT2D eigenvalue weighted by Gasteiger charge is -2.09. The molecule has 0 saturated heterocycles. The molecule has 2 aromatic rings. The van der Waals surface area contributed by atoms with E-state index in [0.717, 1.165) is 18.4 Å². The van der Waals surface area contributed by atoms with Crippen molar-refractivity contribution >= 4 is 29.4 Å². The molecule has 0 aromatic heterocycles. The summed E-state index contributed by atoms with van der Waals surface area (Å²) in [6, 6.07) is 13.7. The van der Waals surface area contributed by atoms with Crippen LogP contribution in [0.25, 0.3) is 0 Å². The summed E-state index contributed by atoms with van der Waals surface area (Å²) in [5.41, 5.74) is 1.15. The van der Waals surface area contributed by atoms with Crippen LogP contribution in [0.15, 0.2) is 48.5 Å². The van der Waals surface area contributed by atoms with Crippen molar-refractivity contribution in [3.8, 4) is 5.75 Å². The number of unbranched alkanes of at least 4 members (excludes halogenated alkanes) is 1. The molecule has 0 aliphatic carbocycles. The highest BCUT2D eigenvalue weighted by atomic mass is 35.5. The van der Waals surface area contributed by atoms with E-state index in [1.165, 1.54) is 0 Å². The van der Waals surface area contributed by atoms with Crippen molar-refractivity contribution < 1.29 is 23.9 Å².